The van der Waals surface area contributed by atoms with Gasteiger partial charge in [-0.05, 0) is 32.6 Å². The van der Waals surface area contributed by atoms with Gasteiger partial charge in [0.05, 0.1) is 5.69 Å². The second-order valence-electron chi connectivity index (χ2n) is 5.43. The number of aromatic nitrogens is 4. The number of aromatic amines is 1. The van der Waals surface area contributed by atoms with E-state index in [2.05, 4.69) is 32.0 Å². The molecule has 0 spiro atoms. The van der Waals surface area contributed by atoms with Gasteiger partial charge in [-0.25, -0.2) is 4.98 Å². The molecule has 1 saturated heterocycles. The summed E-state index contributed by atoms with van der Waals surface area (Å²) in [6, 6.07) is 0.261. The van der Waals surface area contributed by atoms with Crippen LogP contribution < -0.4 is 10.6 Å². The summed E-state index contributed by atoms with van der Waals surface area (Å²) in [5.41, 5.74) is 6.77. The van der Waals surface area contributed by atoms with E-state index < -0.39 is 0 Å². The summed E-state index contributed by atoms with van der Waals surface area (Å²) < 4.78 is 5.32. The van der Waals surface area contributed by atoms with Crippen LogP contribution in [0.2, 0.25) is 0 Å². The predicted octanol–water partition coefficient (Wildman–Crippen LogP) is 1.33. The first-order chi connectivity index (χ1) is 9.65. The fourth-order valence-electron chi connectivity index (χ4n) is 2.65. The minimum absolute atomic E-state index is 0.261. The number of H-pyrrole nitrogens is 1. The lowest BCUT2D eigenvalue weighted by molar-refractivity contribution is 0.352. The van der Waals surface area contributed by atoms with Crippen LogP contribution in [0.1, 0.15) is 25.5 Å². The van der Waals surface area contributed by atoms with Crippen molar-refractivity contribution in [2.75, 3.05) is 18.0 Å². The highest BCUT2D eigenvalue weighted by molar-refractivity contribution is 5.51. The van der Waals surface area contributed by atoms with Crippen LogP contribution in [0.3, 0.4) is 0 Å². The standard InChI is InChI=1S/C13H20N6O/c1-8(14)10-3-5-19(6-4-10)13-16-12(17-18-13)11-9(2)15-7-20-11/h7-8,10H,3-6,14H2,1-2H3,(H,16,17,18). The van der Waals surface area contributed by atoms with Gasteiger partial charge in [0.15, 0.2) is 18.0 Å². The molecule has 0 bridgehead atoms. The summed E-state index contributed by atoms with van der Waals surface area (Å²) in [7, 11) is 0. The lowest BCUT2D eigenvalue weighted by atomic mass is 9.91. The maximum absolute atomic E-state index is 5.96. The third kappa shape index (κ3) is 2.40. The number of rotatable bonds is 3. The molecule has 20 heavy (non-hydrogen) atoms. The van der Waals surface area contributed by atoms with Crippen LogP contribution >= 0.6 is 0 Å². The van der Waals surface area contributed by atoms with Gasteiger partial charge < -0.3 is 15.1 Å². The van der Waals surface area contributed by atoms with Crippen molar-refractivity contribution in [1.29, 1.82) is 0 Å². The van der Waals surface area contributed by atoms with Crippen LogP contribution in [0.25, 0.3) is 11.6 Å². The molecular formula is C13H20N6O. The van der Waals surface area contributed by atoms with Crippen molar-refractivity contribution in [3.8, 4) is 11.6 Å². The molecule has 7 nitrogen and oxygen atoms in total. The van der Waals surface area contributed by atoms with E-state index in [0.717, 1.165) is 37.6 Å². The molecule has 7 heteroatoms. The Morgan fingerprint density at radius 1 is 1.45 bits per heavy atom. The second kappa shape index (κ2) is 5.24. The molecule has 0 saturated carbocycles. The molecule has 1 atom stereocenters. The number of nitrogens with one attached hydrogen (secondary N) is 1. The third-order valence-corrected chi connectivity index (χ3v) is 4.00. The highest BCUT2D eigenvalue weighted by atomic mass is 16.3. The Hall–Kier alpha value is -1.89. The van der Waals surface area contributed by atoms with Crippen LogP contribution in [0.5, 0.6) is 0 Å². The fraction of sp³-hybridized carbons (Fsp3) is 0.615. The molecule has 0 radical (unpaired) electrons. The lowest BCUT2D eigenvalue weighted by Crippen LogP contribution is -2.40. The van der Waals surface area contributed by atoms with E-state index in [1.807, 2.05) is 6.92 Å². The zero-order chi connectivity index (χ0) is 14.1. The number of hydrogen-bond donors (Lipinski definition) is 2. The van der Waals surface area contributed by atoms with Crippen molar-refractivity contribution >= 4 is 5.95 Å². The summed E-state index contributed by atoms with van der Waals surface area (Å²) >= 11 is 0. The van der Waals surface area contributed by atoms with Crippen molar-refractivity contribution in [2.24, 2.45) is 11.7 Å². The highest BCUT2D eigenvalue weighted by Crippen LogP contribution is 2.25. The first-order valence-corrected chi connectivity index (χ1v) is 6.98. The van der Waals surface area contributed by atoms with Gasteiger partial charge in [-0.3, -0.25) is 5.10 Å². The zero-order valence-electron chi connectivity index (χ0n) is 11.8. The normalized spacial score (nSPS) is 18.4. The first kappa shape index (κ1) is 13.1. The second-order valence-corrected chi connectivity index (χ2v) is 5.43. The van der Waals surface area contributed by atoms with Crippen LogP contribution in [-0.2, 0) is 0 Å². The monoisotopic (exact) mass is 276 g/mol. The average Bonchev–Trinajstić information content (AvgIpc) is 3.07. The summed E-state index contributed by atoms with van der Waals surface area (Å²) in [5, 5.41) is 7.20. The molecule has 1 aliphatic rings. The van der Waals surface area contributed by atoms with Gasteiger partial charge in [-0.2, -0.15) is 4.98 Å². The maximum Gasteiger partial charge on any atom is 0.245 e. The van der Waals surface area contributed by atoms with Gasteiger partial charge in [-0.15, -0.1) is 5.10 Å². The zero-order valence-corrected chi connectivity index (χ0v) is 11.8. The van der Waals surface area contributed by atoms with E-state index >= 15 is 0 Å². The van der Waals surface area contributed by atoms with E-state index in [1.54, 1.807) is 0 Å². The van der Waals surface area contributed by atoms with Crippen molar-refractivity contribution in [3.63, 3.8) is 0 Å². The number of oxazole rings is 1. The minimum atomic E-state index is 0.261. The minimum Gasteiger partial charge on any atom is -0.440 e. The van der Waals surface area contributed by atoms with Crippen molar-refractivity contribution in [3.05, 3.63) is 12.1 Å². The Kier molecular flexibility index (Phi) is 3.43. The van der Waals surface area contributed by atoms with Gasteiger partial charge in [0.1, 0.15) is 0 Å². The smallest absolute Gasteiger partial charge is 0.245 e. The molecule has 0 aliphatic carbocycles. The summed E-state index contributed by atoms with van der Waals surface area (Å²) in [4.78, 5) is 10.7. The van der Waals surface area contributed by atoms with Crippen molar-refractivity contribution in [2.45, 2.75) is 32.7 Å². The fourth-order valence-corrected chi connectivity index (χ4v) is 2.65. The quantitative estimate of drug-likeness (QED) is 0.878. The predicted molar refractivity (Wildman–Crippen MR) is 75.2 cm³/mol. The molecule has 2 aromatic heterocycles. The van der Waals surface area contributed by atoms with E-state index in [-0.39, 0.29) is 6.04 Å². The number of nitrogens with two attached hydrogens (primary N) is 1. The molecule has 3 rings (SSSR count). The lowest BCUT2D eigenvalue weighted by Gasteiger charge is -2.32. The molecular weight excluding hydrogens is 256 g/mol. The number of nitrogens with zero attached hydrogens (tertiary/aromatic N) is 4. The Labute approximate surface area is 117 Å². The molecule has 3 heterocycles. The summed E-state index contributed by atoms with van der Waals surface area (Å²) in [6.07, 6.45) is 3.59. The number of aryl methyl sites for hydroxylation is 1. The average molecular weight is 276 g/mol. The Balaban J connectivity index is 1.71. The van der Waals surface area contributed by atoms with E-state index in [1.165, 1.54) is 6.39 Å². The maximum atomic E-state index is 5.96. The van der Waals surface area contributed by atoms with Crippen LogP contribution in [0, 0.1) is 12.8 Å². The third-order valence-electron chi connectivity index (χ3n) is 4.00. The summed E-state index contributed by atoms with van der Waals surface area (Å²) in [5.74, 6) is 2.60. The number of anilines is 1. The van der Waals surface area contributed by atoms with Gasteiger partial charge in [0.2, 0.25) is 5.95 Å². The topological polar surface area (TPSA) is 96.9 Å². The van der Waals surface area contributed by atoms with Gasteiger partial charge in [-0.1, -0.05) is 0 Å². The van der Waals surface area contributed by atoms with Crippen molar-refractivity contribution < 1.29 is 4.42 Å². The molecule has 1 fully saturated rings. The number of hydrogen-bond acceptors (Lipinski definition) is 6. The molecule has 0 amide bonds. The molecule has 2 aromatic rings. The van der Waals surface area contributed by atoms with E-state index in [9.17, 15) is 0 Å². The van der Waals surface area contributed by atoms with Crippen LogP contribution in [0.4, 0.5) is 5.95 Å². The molecule has 3 N–H and O–H groups in total. The molecule has 108 valence electrons. The largest absolute Gasteiger partial charge is 0.440 e. The van der Waals surface area contributed by atoms with Gasteiger partial charge in [0.25, 0.3) is 0 Å². The highest BCUT2D eigenvalue weighted by Gasteiger charge is 2.24. The van der Waals surface area contributed by atoms with Crippen LogP contribution in [0.15, 0.2) is 10.8 Å². The Bertz CT molecular complexity index is 567. The van der Waals surface area contributed by atoms with Crippen molar-refractivity contribution in [1.82, 2.24) is 20.2 Å². The van der Waals surface area contributed by atoms with E-state index in [4.69, 9.17) is 10.2 Å². The first-order valence-electron chi connectivity index (χ1n) is 6.98. The Morgan fingerprint density at radius 2 is 2.20 bits per heavy atom. The molecule has 0 aromatic carbocycles. The van der Waals surface area contributed by atoms with Crippen LogP contribution in [-0.4, -0.2) is 39.3 Å². The van der Waals surface area contributed by atoms with Gasteiger partial charge >= 0.3 is 0 Å². The van der Waals surface area contributed by atoms with E-state index in [0.29, 0.717) is 17.5 Å². The summed E-state index contributed by atoms with van der Waals surface area (Å²) in [6.45, 7) is 5.85. The van der Waals surface area contributed by atoms with Gasteiger partial charge in [0, 0.05) is 19.1 Å². The molecule has 1 unspecified atom stereocenters. The Morgan fingerprint density at radius 3 is 2.80 bits per heavy atom. The number of piperidine rings is 1. The SMILES string of the molecule is Cc1ncoc1-c1nc(N2CCC(C(C)N)CC2)n[nH]1. The molecule has 1 aliphatic heterocycles.